The summed E-state index contributed by atoms with van der Waals surface area (Å²) in [5.41, 5.74) is -0.738. The van der Waals surface area contributed by atoms with Gasteiger partial charge in [-0.2, -0.15) is 0 Å². The molecule has 8 heteroatoms. The maximum atomic E-state index is 13.7. The topological polar surface area (TPSA) is 75.7 Å². The van der Waals surface area contributed by atoms with Crippen LogP contribution < -0.4 is 5.32 Å². The van der Waals surface area contributed by atoms with E-state index in [-0.39, 0.29) is 18.9 Å². The van der Waals surface area contributed by atoms with Gasteiger partial charge in [-0.25, -0.2) is 8.78 Å². The van der Waals surface area contributed by atoms with Crippen molar-refractivity contribution in [2.45, 2.75) is 26.3 Å². The summed E-state index contributed by atoms with van der Waals surface area (Å²) in [7, 11) is 2.71. The fourth-order valence-electron chi connectivity index (χ4n) is 2.15. The standard InChI is InChI=1S/C17H22F2N2O4/c1-10(2)15(17(24)21(3)9-8-13(22)25-4)20-16(23)14-11(18)6-5-7-12(14)19/h5-7,10,15H,8-9H2,1-4H3,(H,20,23). The molecule has 0 radical (unpaired) electrons. The Kier molecular flexibility index (Phi) is 7.47. The van der Waals surface area contributed by atoms with Crippen molar-refractivity contribution >= 4 is 17.8 Å². The Balaban J connectivity index is 2.88. The molecule has 2 amide bonds. The number of carbonyl (C=O) groups excluding carboxylic acids is 3. The van der Waals surface area contributed by atoms with Crippen LogP contribution in [0.1, 0.15) is 30.6 Å². The van der Waals surface area contributed by atoms with Crippen LogP contribution in [0.4, 0.5) is 8.78 Å². The van der Waals surface area contributed by atoms with Gasteiger partial charge in [-0.3, -0.25) is 14.4 Å². The number of amides is 2. The van der Waals surface area contributed by atoms with Crippen LogP contribution in [0.2, 0.25) is 0 Å². The Bertz CT molecular complexity index is 629. The van der Waals surface area contributed by atoms with Gasteiger partial charge >= 0.3 is 5.97 Å². The minimum absolute atomic E-state index is 0.000552. The van der Waals surface area contributed by atoms with Crippen LogP contribution in [0.15, 0.2) is 18.2 Å². The molecule has 1 rings (SSSR count). The molecule has 0 bridgehead atoms. The zero-order valence-electron chi connectivity index (χ0n) is 14.6. The summed E-state index contributed by atoms with van der Waals surface area (Å²) in [5, 5.41) is 2.37. The lowest BCUT2D eigenvalue weighted by atomic mass is 10.0. The molecule has 1 atom stereocenters. The molecule has 1 unspecified atom stereocenters. The highest BCUT2D eigenvalue weighted by Crippen LogP contribution is 2.14. The minimum Gasteiger partial charge on any atom is -0.469 e. The molecule has 0 aliphatic rings. The number of nitrogens with zero attached hydrogens (tertiary/aromatic N) is 1. The van der Waals surface area contributed by atoms with E-state index in [1.54, 1.807) is 13.8 Å². The fraction of sp³-hybridized carbons (Fsp3) is 0.471. The third kappa shape index (κ3) is 5.51. The van der Waals surface area contributed by atoms with Crippen molar-refractivity contribution in [3.8, 4) is 0 Å². The van der Waals surface area contributed by atoms with E-state index in [1.165, 1.54) is 19.1 Å². The Morgan fingerprint density at radius 2 is 1.76 bits per heavy atom. The predicted molar refractivity (Wildman–Crippen MR) is 86.7 cm³/mol. The van der Waals surface area contributed by atoms with Crippen LogP contribution in [0.25, 0.3) is 0 Å². The van der Waals surface area contributed by atoms with Gasteiger partial charge in [0.2, 0.25) is 5.91 Å². The molecular formula is C17H22F2N2O4. The number of ether oxygens (including phenoxy) is 1. The molecule has 25 heavy (non-hydrogen) atoms. The molecule has 0 spiro atoms. The third-order valence-electron chi connectivity index (χ3n) is 3.66. The van der Waals surface area contributed by atoms with Gasteiger partial charge in [-0.15, -0.1) is 0 Å². The van der Waals surface area contributed by atoms with Crippen molar-refractivity contribution in [1.29, 1.82) is 0 Å². The molecule has 0 saturated heterocycles. The summed E-state index contributed by atoms with van der Waals surface area (Å²) in [5.74, 6) is -4.30. The average Bonchev–Trinajstić information content (AvgIpc) is 2.56. The monoisotopic (exact) mass is 356 g/mol. The molecule has 0 aliphatic heterocycles. The highest BCUT2D eigenvalue weighted by atomic mass is 19.1. The first kappa shape index (κ1) is 20.5. The Morgan fingerprint density at radius 3 is 2.24 bits per heavy atom. The van der Waals surface area contributed by atoms with E-state index in [1.807, 2.05) is 0 Å². The first-order chi connectivity index (χ1) is 11.7. The van der Waals surface area contributed by atoms with Gasteiger partial charge in [0, 0.05) is 13.6 Å². The van der Waals surface area contributed by atoms with Crippen LogP contribution in [0, 0.1) is 17.6 Å². The number of nitrogens with one attached hydrogen (secondary N) is 1. The largest absolute Gasteiger partial charge is 0.469 e. The lowest BCUT2D eigenvalue weighted by Crippen LogP contribution is -2.50. The molecule has 6 nitrogen and oxygen atoms in total. The fourth-order valence-corrected chi connectivity index (χ4v) is 2.15. The maximum absolute atomic E-state index is 13.7. The SMILES string of the molecule is COC(=O)CCN(C)C(=O)C(NC(=O)c1c(F)cccc1F)C(C)C. The molecule has 0 fully saturated rings. The van der Waals surface area contributed by atoms with Crippen LogP contribution in [-0.4, -0.2) is 49.4 Å². The van der Waals surface area contributed by atoms with Gasteiger partial charge in [-0.1, -0.05) is 19.9 Å². The quantitative estimate of drug-likeness (QED) is 0.755. The summed E-state index contributed by atoms with van der Waals surface area (Å²) >= 11 is 0. The van der Waals surface area contributed by atoms with Crippen molar-refractivity contribution in [3.63, 3.8) is 0 Å². The molecule has 138 valence electrons. The van der Waals surface area contributed by atoms with Gasteiger partial charge in [0.15, 0.2) is 0 Å². The molecule has 0 aliphatic carbocycles. The average molecular weight is 356 g/mol. The smallest absolute Gasteiger partial charge is 0.307 e. The van der Waals surface area contributed by atoms with Crippen molar-refractivity contribution < 1.29 is 27.9 Å². The van der Waals surface area contributed by atoms with E-state index in [0.29, 0.717) is 0 Å². The second kappa shape index (κ2) is 9.10. The summed E-state index contributed by atoms with van der Waals surface area (Å²) in [6, 6.07) is 2.08. The van der Waals surface area contributed by atoms with Crippen LogP contribution in [-0.2, 0) is 14.3 Å². The number of rotatable bonds is 7. The molecule has 0 heterocycles. The first-order valence-electron chi connectivity index (χ1n) is 7.75. The van der Waals surface area contributed by atoms with Gasteiger partial charge in [0.1, 0.15) is 23.2 Å². The second-order valence-electron chi connectivity index (χ2n) is 5.88. The van der Waals surface area contributed by atoms with E-state index in [0.717, 1.165) is 18.2 Å². The maximum Gasteiger partial charge on any atom is 0.307 e. The molecule has 0 aromatic heterocycles. The molecule has 1 aromatic carbocycles. The number of carbonyl (C=O) groups is 3. The number of hydrogen-bond acceptors (Lipinski definition) is 4. The Morgan fingerprint density at radius 1 is 1.20 bits per heavy atom. The lowest BCUT2D eigenvalue weighted by Gasteiger charge is -2.27. The second-order valence-corrected chi connectivity index (χ2v) is 5.88. The van der Waals surface area contributed by atoms with Crippen LogP contribution in [0.5, 0.6) is 0 Å². The van der Waals surface area contributed by atoms with E-state index in [4.69, 9.17) is 0 Å². The number of hydrogen-bond donors (Lipinski definition) is 1. The van der Waals surface area contributed by atoms with Gasteiger partial charge in [0.25, 0.3) is 5.91 Å². The van der Waals surface area contributed by atoms with E-state index < -0.39 is 41.0 Å². The third-order valence-corrected chi connectivity index (χ3v) is 3.66. The van der Waals surface area contributed by atoms with E-state index in [2.05, 4.69) is 10.1 Å². The molecule has 0 saturated carbocycles. The van der Waals surface area contributed by atoms with E-state index in [9.17, 15) is 23.2 Å². The normalized spacial score (nSPS) is 11.8. The molecule has 1 aromatic rings. The number of halogens is 2. The zero-order valence-corrected chi connectivity index (χ0v) is 14.6. The van der Waals surface area contributed by atoms with Gasteiger partial charge < -0.3 is 15.0 Å². The zero-order chi connectivity index (χ0) is 19.1. The number of likely N-dealkylation sites (N-methyl/N-ethyl adjacent to an activating group) is 1. The number of benzene rings is 1. The lowest BCUT2D eigenvalue weighted by molar-refractivity contribution is -0.141. The predicted octanol–water partition coefficient (Wildman–Crippen LogP) is 1.74. The van der Waals surface area contributed by atoms with Crippen LogP contribution >= 0.6 is 0 Å². The van der Waals surface area contributed by atoms with Crippen LogP contribution in [0.3, 0.4) is 0 Å². The summed E-state index contributed by atoms with van der Waals surface area (Å²) in [6.07, 6.45) is -0.000552. The Labute approximate surface area is 145 Å². The summed E-state index contributed by atoms with van der Waals surface area (Å²) in [4.78, 5) is 37.1. The van der Waals surface area contributed by atoms with Crippen molar-refractivity contribution in [3.05, 3.63) is 35.4 Å². The number of esters is 1. The minimum atomic E-state index is -1.01. The summed E-state index contributed by atoms with van der Waals surface area (Å²) in [6.45, 7) is 3.47. The Hall–Kier alpha value is -2.51. The van der Waals surface area contributed by atoms with Gasteiger partial charge in [-0.05, 0) is 18.1 Å². The molecular weight excluding hydrogens is 334 g/mol. The van der Waals surface area contributed by atoms with Crippen molar-refractivity contribution in [2.24, 2.45) is 5.92 Å². The van der Waals surface area contributed by atoms with E-state index >= 15 is 0 Å². The number of methoxy groups -OCH3 is 1. The first-order valence-corrected chi connectivity index (χ1v) is 7.75. The van der Waals surface area contributed by atoms with Crippen molar-refractivity contribution in [2.75, 3.05) is 20.7 Å². The van der Waals surface area contributed by atoms with Crippen molar-refractivity contribution in [1.82, 2.24) is 10.2 Å². The summed E-state index contributed by atoms with van der Waals surface area (Å²) < 4.78 is 31.9. The highest BCUT2D eigenvalue weighted by Gasteiger charge is 2.29. The highest BCUT2D eigenvalue weighted by molar-refractivity contribution is 5.98. The molecule has 1 N–H and O–H groups in total. The van der Waals surface area contributed by atoms with Gasteiger partial charge in [0.05, 0.1) is 13.5 Å².